The summed E-state index contributed by atoms with van der Waals surface area (Å²) in [6, 6.07) is 0.118. The average Bonchev–Trinajstić information content (AvgIpc) is 3.07. The Labute approximate surface area is 129 Å². The van der Waals surface area contributed by atoms with Crippen molar-refractivity contribution >= 4 is 12.4 Å². The molecule has 0 radical (unpaired) electrons. The minimum absolute atomic E-state index is 0. The zero-order chi connectivity index (χ0) is 15.2. The Morgan fingerprint density at radius 3 is 2.14 bits per heavy atom. The van der Waals surface area contributed by atoms with E-state index in [1.165, 1.54) is 0 Å². The van der Waals surface area contributed by atoms with E-state index in [1.54, 1.807) is 0 Å². The summed E-state index contributed by atoms with van der Waals surface area (Å²) in [6.07, 6.45) is 2.96. The van der Waals surface area contributed by atoms with Gasteiger partial charge in [0.25, 0.3) is 5.89 Å². The normalized spacial score (nSPS) is 16.6. The second-order valence-electron chi connectivity index (χ2n) is 5.13. The summed E-state index contributed by atoms with van der Waals surface area (Å²) in [5.41, 5.74) is 4.23. The highest BCUT2D eigenvalue weighted by molar-refractivity contribution is 5.85. The molecule has 0 atom stereocenters. The predicted molar refractivity (Wildman–Crippen MR) is 71.1 cm³/mol. The fraction of sp³-hybridized carbons (Fsp3) is 0.385. The predicted octanol–water partition coefficient (Wildman–Crippen LogP) is 3.44. The van der Waals surface area contributed by atoms with Gasteiger partial charge in [-0.3, -0.25) is 0 Å². The van der Waals surface area contributed by atoms with Crippen LogP contribution in [0.3, 0.4) is 0 Å². The quantitative estimate of drug-likeness (QED) is 0.673. The van der Waals surface area contributed by atoms with Crippen LogP contribution in [-0.2, 0) is 5.54 Å². The standard InChI is InChI=1S/C13H11F4N3O.ClH/c14-6-5-7(15)10(17)8(9(6)16)11-19-12(20-21-11)13(18)3-1-2-4-13;/h5H,1-4,18H2;1H. The lowest BCUT2D eigenvalue weighted by atomic mass is 9.98. The molecule has 1 aromatic heterocycles. The van der Waals surface area contributed by atoms with Crippen LogP contribution in [0.1, 0.15) is 31.5 Å². The molecule has 1 heterocycles. The molecule has 3 rings (SSSR count). The summed E-state index contributed by atoms with van der Waals surface area (Å²) >= 11 is 0. The van der Waals surface area contributed by atoms with Crippen molar-refractivity contribution in [3.8, 4) is 11.5 Å². The van der Waals surface area contributed by atoms with E-state index in [0.717, 1.165) is 12.8 Å². The first-order valence-corrected chi connectivity index (χ1v) is 6.39. The van der Waals surface area contributed by atoms with Gasteiger partial charge < -0.3 is 10.3 Å². The molecular formula is C13H12ClF4N3O. The molecule has 0 unspecified atom stereocenters. The number of nitrogens with two attached hydrogens (primary N) is 1. The first-order valence-electron chi connectivity index (χ1n) is 6.39. The minimum Gasteiger partial charge on any atom is -0.334 e. The minimum atomic E-state index is -1.58. The molecule has 0 amide bonds. The van der Waals surface area contributed by atoms with Gasteiger partial charge in [-0.15, -0.1) is 12.4 Å². The number of hydrogen-bond donors (Lipinski definition) is 1. The van der Waals surface area contributed by atoms with Gasteiger partial charge in [-0.1, -0.05) is 18.0 Å². The molecule has 1 aliphatic carbocycles. The van der Waals surface area contributed by atoms with E-state index in [2.05, 4.69) is 10.1 Å². The molecule has 1 aliphatic rings. The maximum absolute atomic E-state index is 13.7. The summed E-state index contributed by atoms with van der Waals surface area (Å²) in [4.78, 5) is 3.82. The van der Waals surface area contributed by atoms with Gasteiger partial charge in [0.05, 0.1) is 5.54 Å². The van der Waals surface area contributed by atoms with Gasteiger partial charge in [0.15, 0.2) is 29.1 Å². The van der Waals surface area contributed by atoms with Gasteiger partial charge in [0.2, 0.25) is 0 Å². The van der Waals surface area contributed by atoms with Gasteiger partial charge >= 0.3 is 0 Å². The molecule has 120 valence electrons. The molecular weight excluding hydrogens is 326 g/mol. The Bertz CT molecular complexity index is 675. The molecule has 0 bridgehead atoms. The molecule has 1 aromatic carbocycles. The van der Waals surface area contributed by atoms with Crippen LogP contribution in [0.4, 0.5) is 17.6 Å². The first-order chi connectivity index (χ1) is 9.92. The number of hydrogen-bond acceptors (Lipinski definition) is 4. The molecule has 1 fully saturated rings. The first kappa shape index (κ1) is 16.7. The van der Waals surface area contributed by atoms with E-state index >= 15 is 0 Å². The van der Waals surface area contributed by atoms with Crippen LogP contribution in [0, 0.1) is 23.3 Å². The number of halogens is 5. The van der Waals surface area contributed by atoms with Crippen molar-refractivity contribution in [1.29, 1.82) is 0 Å². The van der Waals surface area contributed by atoms with Crippen molar-refractivity contribution < 1.29 is 22.1 Å². The molecule has 1 saturated carbocycles. The van der Waals surface area contributed by atoms with Crippen LogP contribution in [0.5, 0.6) is 0 Å². The van der Waals surface area contributed by atoms with Gasteiger partial charge in [0, 0.05) is 6.07 Å². The third-order valence-electron chi connectivity index (χ3n) is 3.69. The largest absolute Gasteiger partial charge is 0.334 e. The van der Waals surface area contributed by atoms with Crippen molar-refractivity contribution in [1.82, 2.24) is 10.1 Å². The third kappa shape index (κ3) is 2.56. The summed E-state index contributed by atoms with van der Waals surface area (Å²) < 4.78 is 58.5. The van der Waals surface area contributed by atoms with Gasteiger partial charge in [0.1, 0.15) is 5.56 Å². The van der Waals surface area contributed by atoms with Crippen LogP contribution < -0.4 is 5.73 Å². The second kappa shape index (κ2) is 5.85. The zero-order valence-corrected chi connectivity index (χ0v) is 12.0. The summed E-state index contributed by atoms with van der Waals surface area (Å²) in [7, 11) is 0. The monoisotopic (exact) mass is 337 g/mol. The number of rotatable bonds is 2. The van der Waals surface area contributed by atoms with E-state index in [1.807, 2.05) is 0 Å². The molecule has 2 N–H and O–H groups in total. The maximum atomic E-state index is 13.7. The molecule has 2 aromatic rings. The van der Waals surface area contributed by atoms with Crippen molar-refractivity contribution in [2.24, 2.45) is 5.73 Å². The smallest absolute Gasteiger partial charge is 0.264 e. The van der Waals surface area contributed by atoms with Crippen LogP contribution >= 0.6 is 12.4 Å². The summed E-state index contributed by atoms with van der Waals surface area (Å²) in [6.45, 7) is 0. The molecule has 22 heavy (non-hydrogen) atoms. The van der Waals surface area contributed by atoms with Crippen molar-refractivity contribution in [2.45, 2.75) is 31.2 Å². The van der Waals surface area contributed by atoms with Crippen LogP contribution in [-0.4, -0.2) is 10.1 Å². The topological polar surface area (TPSA) is 64.9 Å². The van der Waals surface area contributed by atoms with Gasteiger partial charge in [-0.2, -0.15) is 4.98 Å². The fourth-order valence-electron chi connectivity index (χ4n) is 2.52. The van der Waals surface area contributed by atoms with E-state index in [4.69, 9.17) is 10.3 Å². The number of nitrogens with zero attached hydrogens (tertiary/aromatic N) is 2. The Hall–Kier alpha value is -1.67. The molecule has 0 saturated heterocycles. The van der Waals surface area contributed by atoms with E-state index in [9.17, 15) is 17.6 Å². The Kier molecular flexibility index (Phi) is 4.44. The van der Waals surface area contributed by atoms with E-state index in [-0.39, 0.29) is 24.3 Å². The highest BCUT2D eigenvalue weighted by Gasteiger charge is 2.37. The van der Waals surface area contributed by atoms with E-state index < -0.39 is 40.3 Å². The number of aromatic nitrogens is 2. The van der Waals surface area contributed by atoms with Gasteiger partial charge in [-0.25, -0.2) is 17.6 Å². The van der Waals surface area contributed by atoms with E-state index in [0.29, 0.717) is 12.8 Å². The Morgan fingerprint density at radius 1 is 1.05 bits per heavy atom. The zero-order valence-electron chi connectivity index (χ0n) is 11.2. The fourth-order valence-corrected chi connectivity index (χ4v) is 2.52. The van der Waals surface area contributed by atoms with Crippen LogP contribution in [0.25, 0.3) is 11.5 Å². The Balaban J connectivity index is 0.00000176. The van der Waals surface area contributed by atoms with Crippen molar-refractivity contribution in [3.05, 3.63) is 35.2 Å². The summed E-state index contributed by atoms with van der Waals surface area (Å²) in [5.74, 6) is -6.78. The second-order valence-corrected chi connectivity index (χ2v) is 5.13. The third-order valence-corrected chi connectivity index (χ3v) is 3.69. The number of benzene rings is 1. The molecule has 0 spiro atoms. The maximum Gasteiger partial charge on any atom is 0.264 e. The van der Waals surface area contributed by atoms with Crippen molar-refractivity contribution in [2.75, 3.05) is 0 Å². The van der Waals surface area contributed by atoms with Crippen LogP contribution in [0.15, 0.2) is 10.6 Å². The lowest BCUT2D eigenvalue weighted by Gasteiger charge is -2.17. The summed E-state index contributed by atoms with van der Waals surface area (Å²) in [5, 5.41) is 3.60. The molecule has 0 aliphatic heterocycles. The highest BCUT2D eigenvalue weighted by atomic mass is 35.5. The van der Waals surface area contributed by atoms with Crippen molar-refractivity contribution in [3.63, 3.8) is 0 Å². The lowest BCUT2D eigenvalue weighted by Crippen LogP contribution is -2.34. The highest BCUT2D eigenvalue weighted by Crippen LogP contribution is 2.36. The average molecular weight is 338 g/mol. The van der Waals surface area contributed by atoms with Gasteiger partial charge in [-0.05, 0) is 12.8 Å². The lowest BCUT2D eigenvalue weighted by molar-refractivity contribution is 0.369. The Morgan fingerprint density at radius 2 is 1.59 bits per heavy atom. The molecule has 9 heteroatoms. The van der Waals surface area contributed by atoms with Crippen LogP contribution in [0.2, 0.25) is 0 Å². The SMILES string of the molecule is Cl.NC1(c2noc(-c3c(F)c(F)cc(F)c3F)n2)CCCC1. The molecule has 4 nitrogen and oxygen atoms in total.